The van der Waals surface area contributed by atoms with Gasteiger partial charge in [0.1, 0.15) is 0 Å². The van der Waals surface area contributed by atoms with E-state index in [1.54, 1.807) is 19.2 Å². The molecular formula is C15H25N3O2S. The van der Waals surface area contributed by atoms with Crippen LogP contribution in [0, 0.1) is 0 Å². The molecule has 0 aromatic heterocycles. The van der Waals surface area contributed by atoms with Gasteiger partial charge in [0, 0.05) is 24.8 Å². The van der Waals surface area contributed by atoms with Crippen LogP contribution in [0.5, 0.6) is 0 Å². The molecule has 1 aliphatic carbocycles. The maximum Gasteiger partial charge on any atom is 0.218 e. The lowest BCUT2D eigenvalue weighted by molar-refractivity contribution is 0.0455. The van der Waals surface area contributed by atoms with E-state index in [0.717, 1.165) is 19.3 Å². The van der Waals surface area contributed by atoms with Gasteiger partial charge in [-0.3, -0.25) is 0 Å². The quantitative estimate of drug-likeness (QED) is 0.809. The Morgan fingerprint density at radius 2 is 1.81 bits per heavy atom. The van der Waals surface area contributed by atoms with E-state index in [1.165, 1.54) is 4.31 Å². The van der Waals surface area contributed by atoms with Gasteiger partial charge >= 0.3 is 0 Å². The van der Waals surface area contributed by atoms with Gasteiger partial charge < -0.3 is 10.6 Å². The van der Waals surface area contributed by atoms with Gasteiger partial charge in [-0.05, 0) is 45.0 Å². The summed E-state index contributed by atoms with van der Waals surface area (Å²) in [4.78, 5) is 2.15. The molecule has 0 spiro atoms. The van der Waals surface area contributed by atoms with E-state index < -0.39 is 10.0 Å². The van der Waals surface area contributed by atoms with Gasteiger partial charge in [-0.25, -0.2) is 12.7 Å². The Kier molecular flexibility index (Phi) is 4.60. The Morgan fingerprint density at radius 1 is 1.19 bits per heavy atom. The third kappa shape index (κ3) is 3.39. The first-order chi connectivity index (χ1) is 9.77. The number of nitrogens with two attached hydrogens (primary N) is 1. The summed E-state index contributed by atoms with van der Waals surface area (Å²) in [6.07, 6.45) is 3.26. The molecule has 1 aromatic carbocycles. The van der Waals surface area contributed by atoms with E-state index in [2.05, 4.69) is 4.90 Å². The topological polar surface area (TPSA) is 66.6 Å². The number of likely N-dealkylation sites (N-methyl/N-ethyl adjacent to an activating group) is 2. The fourth-order valence-corrected chi connectivity index (χ4v) is 4.13. The molecule has 21 heavy (non-hydrogen) atoms. The van der Waals surface area contributed by atoms with E-state index in [-0.39, 0.29) is 11.3 Å². The number of benzene rings is 1. The lowest BCUT2D eigenvalue weighted by atomic mass is 9.75. The van der Waals surface area contributed by atoms with Crippen molar-refractivity contribution in [1.82, 2.24) is 9.21 Å². The number of nitrogen functional groups attached to an aromatic ring is 1. The average Bonchev–Trinajstić information content (AvgIpc) is 2.35. The highest BCUT2D eigenvalue weighted by molar-refractivity contribution is 7.88. The summed E-state index contributed by atoms with van der Waals surface area (Å²) in [7, 11) is 2.36. The standard InChI is InChI=1S/C15H25N3O2S/c1-17(2)15(9-6-10-15)12-18(3)21(19,20)11-13-7-4-5-8-14(13)16/h4-5,7-8H,6,9-12,16H2,1-3H3. The van der Waals surface area contributed by atoms with Crippen molar-refractivity contribution in [3.05, 3.63) is 29.8 Å². The second-order valence-corrected chi connectivity index (χ2v) is 8.26. The van der Waals surface area contributed by atoms with Crippen LogP contribution in [-0.2, 0) is 15.8 Å². The van der Waals surface area contributed by atoms with E-state index in [9.17, 15) is 8.42 Å². The zero-order valence-electron chi connectivity index (χ0n) is 13.0. The highest BCUT2D eigenvalue weighted by atomic mass is 32.2. The Balaban J connectivity index is 2.11. The smallest absolute Gasteiger partial charge is 0.218 e. The minimum atomic E-state index is -3.35. The highest BCUT2D eigenvalue weighted by Crippen LogP contribution is 2.37. The Morgan fingerprint density at radius 3 is 2.29 bits per heavy atom. The molecule has 5 nitrogen and oxygen atoms in total. The third-order valence-electron chi connectivity index (χ3n) is 4.62. The van der Waals surface area contributed by atoms with Crippen LogP contribution in [0.2, 0.25) is 0 Å². The van der Waals surface area contributed by atoms with Crippen LogP contribution in [0.25, 0.3) is 0 Å². The maximum absolute atomic E-state index is 12.5. The van der Waals surface area contributed by atoms with E-state index >= 15 is 0 Å². The van der Waals surface area contributed by atoms with E-state index in [4.69, 9.17) is 5.73 Å². The lowest BCUT2D eigenvalue weighted by Gasteiger charge is -2.49. The zero-order chi connectivity index (χ0) is 15.7. The summed E-state index contributed by atoms with van der Waals surface area (Å²) in [6.45, 7) is 0.537. The number of sulfonamides is 1. The molecule has 0 atom stereocenters. The molecule has 1 aliphatic rings. The number of nitrogens with zero attached hydrogens (tertiary/aromatic N) is 2. The van der Waals surface area contributed by atoms with Crippen LogP contribution in [0.15, 0.2) is 24.3 Å². The first-order valence-electron chi connectivity index (χ1n) is 7.22. The largest absolute Gasteiger partial charge is 0.398 e. The fraction of sp³-hybridized carbons (Fsp3) is 0.600. The first-order valence-corrected chi connectivity index (χ1v) is 8.83. The SMILES string of the molecule is CN(C)C1(CN(C)S(=O)(=O)Cc2ccccc2N)CCC1. The minimum Gasteiger partial charge on any atom is -0.398 e. The molecule has 6 heteroatoms. The monoisotopic (exact) mass is 311 g/mol. The average molecular weight is 311 g/mol. The predicted octanol–water partition coefficient (Wildman–Crippen LogP) is 1.51. The van der Waals surface area contributed by atoms with Crippen LogP contribution >= 0.6 is 0 Å². The summed E-state index contributed by atoms with van der Waals surface area (Å²) in [5.41, 5.74) is 7.03. The van der Waals surface area contributed by atoms with Crippen LogP contribution < -0.4 is 5.73 Å². The molecule has 0 heterocycles. The molecule has 0 bridgehead atoms. The van der Waals surface area contributed by atoms with Crippen molar-refractivity contribution in [2.45, 2.75) is 30.6 Å². The summed E-state index contributed by atoms with van der Waals surface area (Å²) < 4.78 is 26.6. The number of para-hydroxylation sites is 1. The van der Waals surface area contributed by atoms with Crippen LogP contribution in [0.3, 0.4) is 0 Å². The van der Waals surface area contributed by atoms with Crippen LogP contribution in [-0.4, -0.2) is 50.8 Å². The van der Waals surface area contributed by atoms with Crippen molar-refractivity contribution in [1.29, 1.82) is 0 Å². The van der Waals surface area contributed by atoms with Gasteiger partial charge in [0.25, 0.3) is 0 Å². The van der Waals surface area contributed by atoms with Crippen molar-refractivity contribution in [3.8, 4) is 0 Å². The van der Waals surface area contributed by atoms with Crippen molar-refractivity contribution in [3.63, 3.8) is 0 Å². The van der Waals surface area contributed by atoms with Crippen molar-refractivity contribution in [2.75, 3.05) is 33.4 Å². The Hall–Kier alpha value is -1.11. The molecule has 2 rings (SSSR count). The van der Waals surface area contributed by atoms with Gasteiger partial charge in [0.05, 0.1) is 5.75 Å². The molecule has 1 fully saturated rings. The maximum atomic E-state index is 12.5. The molecular weight excluding hydrogens is 286 g/mol. The van der Waals surface area contributed by atoms with E-state index in [0.29, 0.717) is 17.8 Å². The second kappa shape index (κ2) is 5.94. The molecule has 0 unspecified atom stereocenters. The Bertz CT molecular complexity index is 595. The molecule has 0 amide bonds. The molecule has 1 saturated carbocycles. The van der Waals surface area contributed by atoms with Gasteiger partial charge in [0.2, 0.25) is 10.0 Å². The first kappa shape index (κ1) is 16.3. The lowest BCUT2D eigenvalue weighted by Crippen LogP contribution is -2.57. The molecule has 0 aliphatic heterocycles. The normalized spacial score (nSPS) is 18.0. The summed E-state index contributed by atoms with van der Waals surface area (Å²) in [5.74, 6) is -0.0420. The van der Waals surface area contributed by atoms with Gasteiger partial charge in [-0.1, -0.05) is 18.2 Å². The fourth-order valence-electron chi connectivity index (χ4n) is 2.82. The van der Waals surface area contributed by atoms with Crippen LogP contribution in [0.1, 0.15) is 24.8 Å². The minimum absolute atomic E-state index is 0.00987. The van der Waals surface area contributed by atoms with Gasteiger partial charge in [-0.2, -0.15) is 0 Å². The Labute approximate surface area is 127 Å². The summed E-state index contributed by atoms with van der Waals surface area (Å²) >= 11 is 0. The highest BCUT2D eigenvalue weighted by Gasteiger charge is 2.41. The summed E-state index contributed by atoms with van der Waals surface area (Å²) in [6, 6.07) is 7.13. The number of rotatable bonds is 6. The molecule has 0 saturated heterocycles. The number of anilines is 1. The van der Waals surface area contributed by atoms with Gasteiger partial charge in [0.15, 0.2) is 0 Å². The van der Waals surface area contributed by atoms with Crippen LogP contribution in [0.4, 0.5) is 5.69 Å². The second-order valence-electron chi connectivity index (χ2n) is 6.18. The molecule has 2 N–H and O–H groups in total. The number of hydrogen-bond donors (Lipinski definition) is 1. The van der Waals surface area contributed by atoms with Crippen molar-refractivity contribution < 1.29 is 8.42 Å². The third-order valence-corrected chi connectivity index (χ3v) is 6.37. The molecule has 1 aromatic rings. The van der Waals surface area contributed by atoms with E-state index in [1.807, 2.05) is 26.2 Å². The summed E-state index contributed by atoms with van der Waals surface area (Å²) in [5, 5.41) is 0. The van der Waals surface area contributed by atoms with Gasteiger partial charge in [-0.15, -0.1) is 0 Å². The molecule has 0 radical (unpaired) electrons. The van der Waals surface area contributed by atoms with Crippen molar-refractivity contribution >= 4 is 15.7 Å². The van der Waals surface area contributed by atoms with Crippen molar-refractivity contribution in [2.24, 2.45) is 0 Å². The predicted molar refractivity (Wildman–Crippen MR) is 86.4 cm³/mol. The zero-order valence-corrected chi connectivity index (χ0v) is 13.9. The number of hydrogen-bond acceptors (Lipinski definition) is 4. The molecule has 118 valence electrons.